The molecule has 1 amide bonds. The number of benzene rings is 1. The van der Waals surface area contributed by atoms with E-state index in [1.807, 2.05) is 26.8 Å². The van der Waals surface area contributed by atoms with Crippen LogP contribution in [0.1, 0.15) is 38.0 Å². The molecule has 2 aliphatic heterocycles. The fourth-order valence-corrected chi connectivity index (χ4v) is 3.56. The molecular weight excluding hydrogens is 365 g/mol. The smallest absolute Gasteiger partial charge is 0.410 e. The molecule has 1 aromatic rings. The van der Waals surface area contributed by atoms with Crippen molar-refractivity contribution < 1.29 is 23.4 Å². The van der Waals surface area contributed by atoms with Crippen LogP contribution in [0.15, 0.2) is 12.1 Å². The van der Waals surface area contributed by atoms with Crippen LogP contribution in [0.25, 0.3) is 0 Å². The number of carbonyl (C=O) groups excluding carboxylic acids is 1. The van der Waals surface area contributed by atoms with Gasteiger partial charge in [0, 0.05) is 31.7 Å². The van der Waals surface area contributed by atoms with Gasteiger partial charge in [-0.15, -0.1) is 0 Å². The Labute approximate surface area is 164 Å². The molecular formula is C20H26FN3O4. The average Bonchev–Trinajstić information content (AvgIpc) is 2.65. The van der Waals surface area contributed by atoms with Crippen LogP contribution >= 0.6 is 0 Å². The molecule has 152 valence electrons. The Kier molecular flexibility index (Phi) is 5.77. The third-order valence-corrected chi connectivity index (χ3v) is 4.96. The molecule has 0 N–H and O–H groups in total. The summed E-state index contributed by atoms with van der Waals surface area (Å²) in [7, 11) is 1.40. The van der Waals surface area contributed by atoms with E-state index >= 15 is 0 Å². The van der Waals surface area contributed by atoms with E-state index < -0.39 is 17.5 Å². The number of hydrogen-bond acceptors (Lipinski definition) is 6. The fraction of sp³-hybridized carbons (Fsp3) is 0.600. The summed E-state index contributed by atoms with van der Waals surface area (Å²) in [5, 5.41) is 9.23. The summed E-state index contributed by atoms with van der Waals surface area (Å²) in [6.45, 7) is 8.12. The monoisotopic (exact) mass is 391 g/mol. The van der Waals surface area contributed by atoms with Crippen molar-refractivity contribution in [2.24, 2.45) is 0 Å². The first-order chi connectivity index (χ1) is 13.2. The van der Waals surface area contributed by atoms with Crippen LogP contribution in [0.3, 0.4) is 0 Å². The summed E-state index contributed by atoms with van der Waals surface area (Å²) in [4.78, 5) is 16.2. The van der Waals surface area contributed by atoms with E-state index in [-0.39, 0.29) is 23.4 Å². The Morgan fingerprint density at radius 2 is 2.07 bits per heavy atom. The summed E-state index contributed by atoms with van der Waals surface area (Å²) in [6, 6.07) is 5.09. The summed E-state index contributed by atoms with van der Waals surface area (Å²) < 4.78 is 31.2. The number of amides is 1. The molecule has 8 heteroatoms. The first kappa shape index (κ1) is 20.4. The number of rotatable bonds is 2. The van der Waals surface area contributed by atoms with E-state index in [9.17, 15) is 14.4 Å². The lowest BCUT2D eigenvalue weighted by molar-refractivity contribution is -0.0915. The zero-order valence-corrected chi connectivity index (χ0v) is 16.7. The molecule has 3 rings (SSSR count). The van der Waals surface area contributed by atoms with Crippen molar-refractivity contribution >= 4 is 6.09 Å². The molecule has 0 aliphatic carbocycles. The minimum Gasteiger partial charge on any atom is -0.495 e. The van der Waals surface area contributed by atoms with Gasteiger partial charge < -0.3 is 19.1 Å². The number of piperazine rings is 1. The van der Waals surface area contributed by atoms with Gasteiger partial charge in [0.1, 0.15) is 23.0 Å². The topological polar surface area (TPSA) is 75.0 Å². The summed E-state index contributed by atoms with van der Waals surface area (Å²) in [5.74, 6) is -0.388. The summed E-state index contributed by atoms with van der Waals surface area (Å²) >= 11 is 0. The Balaban J connectivity index is 1.68. The van der Waals surface area contributed by atoms with Gasteiger partial charge in [-0.2, -0.15) is 5.26 Å². The summed E-state index contributed by atoms with van der Waals surface area (Å²) in [6.07, 6.45) is -0.795. The highest BCUT2D eigenvalue weighted by atomic mass is 19.1. The lowest BCUT2D eigenvalue weighted by atomic mass is 10.0. The number of hydrogen-bond donors (Lipinski definition) is 0. The third kappa shape index (κ3) is 4.21. The van der Waals surface area contributed by atoms with Crippen LogP contribution in [0.2, 0.25) is 0 Å². The van der Waals surface area contributed by atoms with Crippen LogP contribution in [-0.4, -0.2) is 67.4 Å². The van der Waals surface area contributed by atoms with Crippen LogP contribution in [0, 0.1) is 17.1 Å². The number of nitriles is 1. The number of nitrogens with zero attached hydrogens (tertiary/aromatic N) is 3. The van der Waals surface area contributed by atoms with E-state index in [0.29, 0.717) is 38.3 Å². The van der Waals surface area contributed by atoms with Crippen molar-refractivity contribution in [3.8, 4) is 11.8 Å². The van der Waals surface area contributed by atoms with E-state index in [4.69, 9.17) is 14.2 Å². The maximum atomic E-state index is 14.8. The van der Waals surface area contributed by atoms with Gasteiger partial charge in [-0.3, -0.25) is 4.90 Å². The minimum atomic E-state index is -0.599. The van der Waals surface area contributed by atoms with E-state index in [1.54, 1.807) is 17.0 Å². The molecule has 2 atom stereocenters. The maximum absolute atomic E-state index is 14.8. The van der Waals surface area contributed by atoms with E-state index in [2.05, 4.69) is 4.90 Å². The highest BCUT2D eigenvalue weighted by Crippen LogP contribution is 2.32. The fourth-order valence-electron chi connectivity index (χ4n) is 3.56. The molecule has 0 spiro atoms. The number of fused-ring (bicyclic) bond motifs is 1. The molecule has 2 aliphatic rings. The van der Waals surface area contributed by atoms with Crippen LogP contribution < -0.4 is 4.74 Å². The zero-order valence-electron chi connectivity index (χ0n) is 16.7. The van der Waals surface area contributed by atoms with Gasteiger partial charge in [0.2, 0.25) is 0 Å². The molecule has 0 saturated carbocycles. The predicted molar refractivity (Wildman–Crippen MR) is 99.5 cm³/mol. The minimum absolute atomic E-state index is 0.0364. The molecule has 2 saturated heterocycles. The van der Waals surface area contributed by atoms with Gasteiger partial charge >= 0.3 is 6.09 Å². The highest BCUT2D eigenvalue weighted by molar-refractivity contribution is 5.68. The van der Waals surface area contributed by atoms with Gasteiger partial charge in [0.15, 0.2) is 5.82 Å². The number of morpholine rings is 1. The first-order valence-corrected chi connectivity index (χ1v) is 9.33. The molecule has 2 heterocycles. The zero-order chi connectivity index (χ0) is 20.5. The second-order valence-corrected chi connectivity index (χ2v) is 8.05. The molecule has 0 radical (unpaired) electrons. The largest absolute Gasteiger partial charge is 0.495 e. The standard InChI is InChI=1S/C20H26FN3O4/c1-20(2,3)28-19(25)24-8-7-23-11-17(27-12-13(23)10-24)14-5-6-16(26-4)15(9-22)18(14)21/h5-6,13,17H,7-8,10-12H2,1-4H3. The van der Waals surface area contributed by atoms with Crippen molar-refractivity contribution in [2.75, 3.05) is 39.9 Å². The number of carbonyl (C=O) groups is 1. The molecule has 2 fully saturated rings. The lowest BCUT2D eigenvalue weighted by Crippen LogP contribution is -2.60. The van der Waals surface area contributed by atoms with Gasteiger partial charge in [-0.25, -0.2) is 9.18 Å². The lowest BCUT2D eigenvalue weighted by Gasteiger charge is -2.46. The second-order valence-electron chi connectivity index (χ2n) is 8.05. The van der Waals surface area contributed by atoms with Crippen molar-refractivity contribution in [1.82, 2.24) is 9.80 Å². The molecule has 0 bridgehead atoms. The van der Waals surface area contributed by atoms with Crippen molar-refractivity contribution in [1.29, 1.82) is 5.26 Å². The van der Waals surface area contributed by atoms with Crippen LogP contribution in [-0.2, 0) is 9.47 Å². The van der Waals surface area contributed by atoms with Crippen molar-refractivity contribution in [2.45, 2.75) is 38.5 Å². The number of ether oxygens (including phenoxy) is 3. The molecule has 2 unspecified atom stereocenters. The SMILES string of the molecule is COc1ccc(C2CN3CCN(C(=O)OC(C)(C)C)CC3CO2)c(F)c1C#N. The Hall–Kier alpha value is -2.37. The predicted octanol–water partition coefficient (Wildman–Crippen LogP) is 2.70. The van der Waals surface area contributed by atoms with Crippen molar-refractivity contribution in [3.05, 3.63) is 29.1 Å². The van der Waals surface area contributed by atoms with E-state index in [0.717, 1.165) is 0 Å². The quantitative estimate of drug-likeness (QED) is 0.772. The number of halogens is 1. The van der Waals surface area contributed by atoms with E-state index in [1.165, 1.54) is 7.11 Å². The average molecular weight is 391 g/mol. The Morgan fingerprint density at radius 1 is 1.32 bits per heavy atom. The highest BCUT2D eigenvalue weighted by Gasteiger charge is 2.37. The molecule has 7 nitrogen and oxygen atoms in total. The Bertz CT molecular complexity index is 787. The van der Waals surface area contributed by atoms with Gasteiger partial charge in [-0.1, -0.05) is 0 Å². The van der Waals surface area contributed by atoms with Gasteiger partial charge in [-0.05, 0) is 32.9 Å². The van der Waals surface area contributed by atoms with Crippen LogP contribution in [0.5, 0.6) is 5.75 Å². The second kappa shape index (κ2) is 7.94. The Morgan fingerprint density at radius 3 is 2.71 bits per heavy atom. The summed E-state index contributed by atoms with van der Waals surface area (Å²) in [5.41, 5.74) is -0.293. The van der Waals surface area contributed by atoms with Crippen molar-refractivity contribution in [3.63, 3.8) is 0 Å². The first-order valence-electron chi connectivity index (χ1n) is 9.33. The molecule has 0 aromatic heterocycles. The molecule has 28 heavy (non-hydrogen) atoms. The number of methoxy groups -OCH3 is 1. The normalized spacial score (nSPS) is 22.9. The molecule has 1 aromatic carbocycles. The maximum Gasteiger partial charge on any atom is 0.410 e. The third-order valence-electron chi connectivity index (χ3n) is 4.96. The van der Waals surface area contributed by atoms with Gasteiger partial charge in [0.05, 0.1) is 25.9 Å². The van der Waals surface area contributed by atoms with Crippen LogP contribution in [0.4, 0.5) is 9.18 Å². The van der Waals surface area contributed by atoms with Gasteiger partial charge in [0.25, 0.3) is 0 Å².